The number of urea groups is 1. The maximum atomic E-state index is 13.5. The van der Waals surface area contributed by atoms with Crippen LogP contribution < -0.4 is 15.4 Å². The fourth-order valence-corrected chi connectivity index (χ4v) is 5.90. The van der Waals surface area contributed by atoms with E-state index in [1.807, 2.05) is 29.6 Å². The Bertz CT molecular complexity index is 1430. The van der Waals surface area contributed by atoms with Crippen molar-refractivity contribution in [2.45, 2.75) is 35.1 Å². The van der Waals surface area contributed by atoms with E-state index in [9.17, 15) is 9.18 Å². The van der Waals surface area contributed by atoms with Gasteiger partial charge in [0, 0.05) is 53.8 Å². The highest BCUT2D eigenvalue weighted by Gasteiger charge is 2.35. The van der Waals surface area contributed by atoms with Crippen LogP contribution in [-0.2, 0) is 5.41 Å². The molecule has 0 atom stereocenters. The van der Waals surface area contributed by atoms with Gasteiger partial charge >= 0.3 is 6.03 Å². The maximum absolute atomic E-state index is 13.5. The number of hydrogen-bond acceptors (Lipinski definition) is 9. The lowest BCUT2D eigenvalue weighted by molar-refractivity contribution is 0.159. The predicted molar refractivity (Wildman–Crippen MR) is 153 cm³/mol. The molecule has 2 amide bonds. The fourth-order valence-electron chi connectivity index (χ4n) is 4.26. The average molecular weight is 581 g/mol. The third-order valence-electron chi connectivity index (χ3n) is 6.62. The molecule has 9 nitrogen and oxygen atoms in total. The molecule has 0 bridgehead atoms. The lowest BCUT2D eigenvalue weighted by Gasteiger charge is -2.38. The van der Waals surface area contributed by atoms with Gasteiger partial charge in [0.05, 0.1) is 12.3 Å². The second-order valence-electron chi connectivity index (χ2n) is 9.51. The number of nitrogens with one attached hydrogen (secondary N) is 2. The molecule has 0 aliphatic carbocycles. The summed E-state index contributed by atoms with van der Waals surface area (Å²) in [6.45, 7) is 3.56. The smallest absolute Gasteiger partial charge is 0.317 e. The highest BCUT2D eigenvalue weighted by molar-refractivity contribution is 7.99. The molecule has 0 radical (unpaired) electrons. The number of aliphatic hydroxyl groups excluding tert-OH is 1. The van der Waals surface area contributed by atoms with Gasteiger partial charge in [-0.2, -0.15) is 0 Å². The molecule has 1 saturated heterocycles. The van der Waals surface area contributed by atoms with Crippen LogP contribution in [0.3, 0.4) is 0 Å². The highest BCUT2D eigenvalue weighted by atomic mass is 32.2. The predicted octanol–water partition coefficient (Wildman–Crippen LogP) is 5.81. The van der Waals surface area contributed by atoms with Gasteiger partial charge in [0.25, 0.3) is 0 Å². The molecular formula is C28H29FN6O3S2. The molecule has 208 valence electrons. The molecule has 3 aromatic heterocycles. The number of aliphatic hydroxyl groups is 1. The maximum Gasteiger partial charge on any atom is 0.317 e. The van der Waals surface area contributed by atoms with Crippen LogP contribution in [0, 0.1) is 5.82 Å². The van der Waals surface area contributed by atoms with E-state index in [0.29, 0.717) is 35.5 Å². The van der Waals surface area contributed by atoms with E-state index in [0.717, 1.165) is 28.5 Å². The zero-order chi connectivity index (χ0) is 28.0. The number of benzene rings is 1. The minimum atomic E-state index is -0.344. The van der Waals surface area contributed by atoms with Crippen LogP contribution in [-0.4, -0.2) is 57.2 Å². The summed E-state index contributed by atoms with van der Waals surface area (Å²) >= 11 is 2.93. The zero-order valence-corrected chi connectivity index (χ0v) is 23.5. The van der Waals surface area contributed by atoms with E-state index in [1.165, 1.54) is 35.2 Å². The number of rotatable bonds is 9. The summed E-state index contributed by atoms with van der Waals surface area (Å²) in [7, 11) is 0. The molecule has 0 unspecified atom stereocenters. The summed E-state index contributed by atoms with van der Waals surface area (Å²) in [6, 6.07) is 13.2. The molecule has 1 fully saturated rings. The van der Waals surface area contributed by atoms with Crippen LogP contribution in [0.5, 0.6) is 11.5 Å². The molecule has 12 heteroatoms. The Morgan fingerprint density at radius 2 is 2.00 bits per heavy atom. The first-order valence-corrected chi connectivity index (χ1v) is 14.5. The second-order valence-corrected chi connectivity index (χ2v) is 11.5. The van der Waals surface area contributed by atoms with Crippen LogP contribution in [0.4, 0.5) is 20.1 Å². The van der Waals surface area contributed by atoms with Gasteiger partial charge in [-0.25, -0.2) is 24.1 Å². The fraction of sp³-hybridized carbons (Fsp3) is 0.286. The van der Waals surface area contributed by atoms with Crippen molar-refractivity contribution in [3.05, 3.63) is 77.8 Å². The molecular weight excluding hydrogens is 551 g/mol. The Morgan fingerprint density at radius 1 is 1.20 bits per heavy atom. The monoisotopic (exact) mass is 580 g/mol. The highest BCUT2D eigenvalue weighted by Crippen LogP contribution is 2.39. The lowest BCUT2D eigenvalue weighted by atomic mass is 9.78. The van der Waals surface area contributed by atoms with E-state index in [-0.39, 0.29) is 30.4 Å². The summed E-state index contributed by atoms with van der Waals surface area (Å²) in [5, 5.41) is 18.5. The van der Waals surface area contributed by atoms with E-state index < -0.39 is 0 Å². The number of amides is 2. The van der Waals surface area contributed by atoms with E-state index in [1.54, 1.807) is 29.4 Å². The summed E-state index contributed by atoms with van der Waals surface area (Å²) in [5.41, 5.74) is 0.785. The summed E-state index contributed by atoms with van der Waals surface area (Å²) in [4.78, 5) is 28.7. The number of nitrogens with zero attached hydrogens (tertiary/aromatic N) is 4. The molecule has 3 N–H and O–H groups in total. The van der Waals surface area contributed by atoms with Gasteiger partial charge in [0.2, 0.25) is 0 Å². The van der Waals surface area contributed by atoms with Crippen molar-refractivity contribution in [3.8, 4) is 11.5 Å². The molecule has 40 heavy (non-hydrogen) atoms. The van der Waals surface area contributed by atoms with Gasteiger partial charge in [0.1, 0.15) is 16.6 Å². The van der Waals surface area contributed by atoms with Gasteiger partial charge in [-0.1, -0.05) is 24.8 Å². The van der Waals surface area contributed by atoms with Crippen LogP contribution >= 0.6 is 23.1 Å². The van der Waals surface area contributed by atoms with Crippen LogP contribution in [0.15, 0.2) is 76.2 Å². The van der Waals surface area contributed by atoms with E-state index in [4.69, 9.17) is 14.8 Å². The number of piperidine rings is 1. The first kappa shape index (κ1) is 27.8. The Hall–Kier alpha value is -3.74. The van der Waals surface area contributed by atoms with Crippen molar-refractivity contribution in [1.82, 2.24) is 25.2 Å². The molecule has 4 heterocycles. The number of hydrogen-bond donors (Lipinski definition) is 3. The summed E-state index contributed by atoms with van der Waals surface area (Å²) in [5.74, 6) is 1.09. The first-order chi connectivity index (χ1) is 19.4. The number of pyridine rings is 2. The number of aromatic nitrogens is 3. The largest absolute Gasteiger partial charge is 0.453 e. The topological polar surface area (TPSA) is 113 Å². The number of anilines is 2. The quantitative estimate of drug-likeness (QED) is 0.227. The summed E-state index contributed by atoms with van der Waals surface area (Å²) < 4.78 is 19.6. The minimum absolute atomic E-state index is 0.0802. The van der Waals surface area contributed by atoms with Gasteiger partial charge in [-0.3, -0.25) is 0 Å². The molecule has 4 aromatic rings. The van der Waals surface area contributed by atoms with E-state index >= 15 is 0 Å². The third kappa shape index (κ3) is 6.87. The van der Waals surface area contributed by atoms with Crippen molar-refractivity contribution in [2.24, 2.45) is 0 Å². The number of ether oxygens (including phenoxy) is 1. The van der Waals surface area contributed by atoms with Crippen molar-refractivity contribution in [1.29, 1.82) is 0 Å². The Morgan fingerprint density at radius 3 is 2.73 bits per heavy atom. The van der Waals surface area contributed by atoms with Crippen molar-refractivity contribution in [2.75, 3.05) is 31.6 Å². The number of carbonyl (C=O) groups excluding carboxylic acids is 1. The second kappa shape index (κ2) is 12.6. The van der Waals surface area contributed by atoms with Gasteiger partial charge in [-0.05, 0) is 49.2 Å². The van der Waals surface area contributed by atoms with Crippen molar-refractivity contribution >= 4 is 40.1 Å². The first-order valence-electron chi connectivity index (χ1n) is 12.8. The van der Waals surface area contributed by atoms with Gasteiger partial charge < -0.3 is 25.4 Å². The van der Waals surface area contributed by atoms with Crippen LogP contribution in [0.2, 0.25) is 0 Å². The normalized spacial score (nSPS) is 14.5. The van der Waals surface area contributed by atoms with Crippen LogP contribution in [0.25, 0.3) is 0 Å². The van der Waals surface area contributed by atoms with Crippen molar-refractivity contribution in [3.63, 3.8) is 0 Å². The van der Waals surface area contributed by atoms with E-state index in [2.05, 4.69) is 27.5 Å². The van der Waals surface area contributed by atoms with Gasteiger partial charge in [0.15, 0.2) is 16.7 Å². The standard InChI is InChI=1S/C28H29FN6O3S2/c1-28(9-13-35(14-10-28)27(37)31-12-15-36)23-18-39-26(33-23)34-25-22(38-20-7-5-19(29)6-8-20)16-21(17-32-25)40-24-4-2-3-11-30-24/h2-8,11,16-18,36H,9-10,12-15H2,1H3,(H,31,37)(H,32,33,34). The molecule has 1 aromatic carbocycles. The Kier molecular flexibility index (Phi) is 8.78. The zero-order valence-electron chi connectivity index (χ0n) is 21.8. The average Bonchev–Trinajstić information content (AvgIpc) is 3.45. The molecule has 1 aliphatic rings. The number of likely N-dealkylation sites (tertiary alicyclic amines) is 1. The van der Waals surface area contributed by atoms with Gasteiger partial charge in [-0.15, -0.1) is 11.3 Å². The Balaban J connectivity index is 1.32. The molecule has 0 saturated carbocycles. The molecule has 5 rings (SSSR count). The number of carbonyl (C=O) groups is 1. The molecule has 1 aliphatic heterocycles. The number of thiazole rings is 1. The SMILES string of the molecule is CC1(c2csc(Nc3ncc(Sc4ccccn4)cc3Oc3ccc(F)cc3)n2)CCN(C(=O)NCCO)CC1. The number of halogens is 1. The third-order valence-corrected chi connectivity index (χ3v) is 8.29. The minimum Gasteiger partial charge on any atom is -0.453 e. The lowest BCUT2D eigenvalue weighted by Crippen LogP contribution is -2.48. The van der Waals surface area contributed by atoms with Crippen molar-refractivity contribution < 1.29 is 19.0 Å². The molecule has 0 spiro atoms. The Labute approximate surface area is 239 Å². The van der Waals surface area contributed by atoms with Crippen LogP contribution in [0.1, 0.15) is 25.5 Å². The summed E-state index contributed by atoms with van der Waals surface area (Å²) in [6.07, 6.45) is 5.03.